The highest BCUT2D eigenvalue weighted by molar-refractivity contribution is 7.90. The van der Waals surface area contributed by atoms with Gasteiger partial charge in [0.05, 0.1) is 0 Å². The first-order valence-corrected chi connectivity index (χ1v) is 9.95. The van der Waals surface area contributed by atoms with E-state index in [-0.39, 0.29) is 22.1 Å². The molecule has 26 heavy (non-hydrogen) atoms. The number of rotatable bonds is 5. The Kier molecular flexibility index (Phi) is 5.50. The number of nitrogens with zero attached hydrogens (tertiary/aromatic N) is 2. The molecule has 1 aliphatic rings. The van der Waals surface area contributed by atoms with Crippen molar-refractivity contribution in [3.8, 4) is 0 Å². The third-order valence-electron chi connectivity index (χ3n) is 4.59. The molecular weight excluding hydrogens is 387 g/mol. The molecule has 0 spiro atoms. The Bertz CT molecular complexity index is 805. The second-order valence-electron chi connectivity index (χ2n) is 7.52. The predicted molar refractivity (Wildman–Crippen MR) is 97.4 cm³/mol. The van der Waals surface area contributed by atoms with Gasteiger partial charge < -0.3 is 9.12 Å². The Balaban J connectivity index is 2.10. The monoisotopic (exact) mass is 407 g/mol. The minimum absolute atomic E-state index is 0.131. The van der Waals surface area contributed by atoms with Crippen molar-refractivity contribution < 1.29 is 17.7 Å². The van der Waals surface area contributed by atoms with Crippen LogP contribution in [-0.2, 0) is 11.4 Å². The van der Waals surface area contributed by atoms with Gasteiger partial charge in [-0.15, -0.1) is 4.72 Å². The van der Waals surface area contributed by atoms with Gasteiger partial charge in [-0.1, -0.05) is 11.6 Å². The molecule has 0 aromatic carbocycles. The third kappa shape index (κ3) is 3.69. The lowest BCUT2D eigenvalue weighted by atomic mass is 9.93. The van der Waals surface area contributed by atoms with E-state index in [4.69, 9.17) is 11.6 Å². The van der Waals surface area contributed by atoms with Gasteiger partial charge in [-0.25, -0.2) is 18.2 Å². The molecule has 1 aliphatic carbocycles. The highest BCUT2D eigenvalue weighted by Gasteiger charge is 2.36. The summed E-state index contributed by atoms with van der Waals surface area (Å²) in [5.74, 6) is -0.767. The van der Waals surface area contributed by atoms with E-state index in [2.05, 4.69) is 9.71 Å². The van der Waals surface area contributed by atoms with E-state index in [0.29, 0.717) is 5.65 Å². The van der Waals surface area contributed by atoms with E-state index < -0.39 is 34.4 Å². The van der Waals surface area contributed by atoms with Crippen LogP contribution in [0.2, 0.25) is 5.15 Å². The summed E-state index contributed by atoms with van der Waals surface area (Å²) in [4.78, 5) is 4.07. The fraction of sp³-hybridized carbons (Fsp3) is 0.588. The summed E-state index contributed by atoms with van der Waals surface area (Å²) in [5.41, 5.74) is 0.563. The third-order valence-corrected chi connectivity index (χ3v) is 6.44. The first-order chi connectivity index (χ1) is 12.1. The molecule has 0 aliphatic heterocycles. The van der Waals surface area contributed by atoms with Gasteiger partial charge in [-0.05, 0) is 46.1 Å². The van der Waals surface area contributed by atoms with Crippen LogP contribution in [-0.4, -0.2) is 25.3 Å². The molecular formula is C17H21ClF3N3OS. The molecule has 1 saturated carbocycles. The Morgan fingerprint density at radius 1 is 1.38 bits per heavy atom. The SMILES string of the molecule is CC(C)(C)[S+]([O-])N[C@@H](c1cn(C2CCC2)c2nc(Cl)c(F)cc12)C(F)F. The number of aromatic nitrogens is 2. The molecule has 3 rings (SSSR count). The summed E-state index contributed by atoms with van der Waals surface area (Å²) < 4.78 is 57.5. The zero-order chi connectivity index (χ0) is 19.2. The molecule has 0 radical (unpaired) electrons. The summed E-state index contributed by atoms with van der Waals surface area (Å²) in [7, 11) is 0. The molecule has 1 unspecified atom stereocenters. The molecule has 0 amide bonds. The average Bonchev–Trinajstić information content (AvgIpc) is 2.80. The first-order valence-electron chi connectivity index (χ1n) is 8.42. The second kappa shape index (κ2) is 7.22. The van der Waals surface area contributed by atoms with E-state index in [1.807, 2.05) is 0 Å². The molecule has 9 heteroatoms. The van der Waals surface area contributed by atoms with Crippen LogP contribution in [0.5, 0.6) is 0 Å². The predicted octanol–water partition coefficient (Wildman–Crippen LogP) is 4.91. The van der Waals surface area contributed by atoms with Gasteiger partial charge in [-0.3, -0.25) is 0 Å². The molecule has 1 fully saturated rings. The Labute approximate surface area is 158 Å². The van der Waals surface area contributed by atoms with Crippen LogP contribution in [0.1, 0.15) is 57.7 Å². The molecule has 1 N–H and O–H groups in total. The van der Waals surface area contributed by atoms with E-state index in [9.17, 15) is 17.7 Å². The van der Waals surface area contributed by atoms with Crippen molar-refractivity contribution >= 4 is 34.0 Å². The Morgan fingerprint density at radius 2 is 2.04 bits per heavy atom. The molecule has 2 aromatic heterocycles. The highest BCUT2D eigenvalue weighted by Crippen LogP contribution is 2.39. The van der Waals surface area contributed by atoms with Crippen molar-refractivity contribution in [2.24, 2.45) is 0 Å². The van der Waals surface area contributed by atoms with Gasteiger partial charge in [0.1, 0.15) is 16.4 Å². The van der Waals surface area contributed by atoms with Crippen LogP contribution in [0.4, 0.5) is 13.2 Å². The number of halogens is 4. The van der Waals surface area contributed by atoms with E-state index in [1.54, 1.807) is 31.5 Å². The zero-order valence-electron chi connectivity index (χ0n) is 14.7. The van der Waals surface area contributed by atoms with Crippen LogP contribution in [0, 0.1) is 5.82 Å². The minimum atomic E-state index is -2.82. The lowest BCUT2D eigenvalue weighted by molar-refractivity contribution is 0.109. The van der Waals surface area contributed by atoms with Gasteiger partial charge in [-0.2, -0.15) is 0 Å². The molecule has 2 heterocycles. The summed E-state index contributed by atoms with van der Waals surface area (Å²) in [6, 6.07) is -0.236. The van der Waals surface area contributed by atoms with Crippen LogP contribution in [0.15, 0.2) is 12.3 Å². The fourth-order valence-corrected chi connectivity index (χ4v) is 3.83. The number of alkyl halides is 2. The topological polar surface area (TPSA) is 52.9 Å². The summed E-state index contributed by atoms with van der Waals surface area (Å²) in [5, 5.41) is -0.0231. The van der Waals surface area contributed by atoms with Gasteiger partial charge in [0, 0.05) is 34.6 Å². The van der Waals surface area contributed by atoms with Crippen LogP contribution in [0.25, 0.3) is 11.0 Å². The number of nitrogens with one attached hydrogen (secondary N) is 1. The number of fused-ring (bicyclic) bond motifs is 1. The summed E-state index contributed by atoms with van der Waals surface area (Å²) >= 11 is 4.10. The number of pyridine rings is 1. The minimum Gasteiger partial charge on any atom is -0.598 e. The second-order valence-corrected chi connectivity index (χ2v) is 9.88. The lowest BCUT2D eigenvalue weighted by Gasteiger charge is -2.28. The van der Waals surface area contributed by atoms with Gasteiger partial charge in [0.2, 0.25) is 0 Å². The van der Waals surface area contributed by atoms with Crippen molar-refractivity contribution in [1.82, 2.24) is 14.3 Å². The molecule has 2 aromatic rings. The average molecular weight is 408 g/mol. The smallest absolute Gasteiger partial charge is 0.262 e. The van der Waals surface area contributed by atoms with Crippen molar-refractivity contribution in [3.05, 3.63) is 28.8 Å². The van der Waals surface area contributed by atoms with Crippen LogP contribution in [0.3, 0.4) is 0 Å². The fourth-order valence-electron chi connectivity index (χ4n) is 2.88. The molecule has 0 bridgehead atoms. The Morgan fingerprint density at radius 3 is 2.54 bits per heavy atom. The maximum Gasteiger partial charge on any atom is 0.262 e. The van der Waals surface area contributed by atoms with Gasteiger partial charge >= 0.3 is 0 Å². The zero-order valence-corrected chi connectivity index (χ0v) is 16.3. The Hall–Kier alpha value is -0.960. The normalized spacial score (nSPS) is 18.3. The van der Waals surface area contributed by atoms with Crippen molar-refractivity contribution in [3.63, 3.8) is 0 Å². The van der Waals surface area contributed by atoms with Crippen molar-refractivity contribution in [2.45, 2.75) is 63.3 Å². The van der Waals surface area contributed by atoms with E-state index in [1.165, 1.54) is 0 Å². The standard InChI is InChI=1S/C17H21ClF3N3OS/c1-17(2,3)26(25)23-13(15(20)21)11-8-24(9-5-4-6-9)16-10(11)7-12(19)14(18)22-16/h7-9,13,15,23H,4-6H2,1-3H3/t13-,26?/m0/s1. The van der Waals surface area contributed by atoms with Crippen LogP contribution >= 0.6 is 11.6 Å². The first kappa shape index (κ1) is 19.8. The molecule has 2 atom stereocenters. The molecule has 0 saturated heterocycles. The summed E-state index contributed by atoms with van der Waals surface area (Å²) in [6.07, 6.45) is 1.60. The number of hydrogen-bond donors (Lipinski definition) is 1. The van der Waals surface area contributed by atoms with Crippen molar-refractivity contribution in [1.29, 1.82) is 0 Å². The van der Waals surface area contributed by atoms with E-state index in [0.717, 1.165) is 25.3 Å². The highest BCUT2D eigenvalue weighted by atomic mass is 35.5. The largest absolute Gasteiger partial charge is 0.598 e. The van der Waals surface area contributed by atoms with Gasteiger partial charge in [0.25, 0.3) is 6.43 Å². The van der Waals surface area contributed by atoms with Gasteiger partial charge in [0.15, 0.2) is 11.0 Å². The quantitative estimate of drug-likeness (QED) is 0.565. The number of hydrogen-bond acceptors (Lipinski definition) is 3. The van der Waals surface area contributed by atoms with Crippen molar-refractivity contribution in [2.75, 3.05) is 0 Å². The molecule has 4 nitrogen and oxygen atoms in total. The maximum atomic E-state index is 14.0. The lowest BCUT2D eigenvalue weighted by Crippen LogP contribution is -2.43. The summed E-state index contributed by atoms with van der Waals surface area (Å²) in [6.45, 7) is 5.08. The maximum absolute atomic E-state index is 14.0. The van der Waals surface area contributed by atoms with Crippen LogP contribution < -0.4 is 4.72 Å². The van der Waals surface area contributed by atoms with E-state index >= 15 is 0 Å². The molecule has 144 valence electrons.